The van der Waals surface area contributed by atoms with Crippen LogP contribution in [0.25, 0.3) is 11.1 Å². The van der Waals surface area contributed by atoms with Gasteiger partial charge in [-0.05, 0) is 18.4 Å². The highest BCUT2D eigenvalue weighted by Gasteiger charge is 2.26. The highest BCUT2D eigenvalue weighted by molar-refractivity contribution is 5.89. The Morgan fingerprint density at radius 3 is 2.41 bits per heavy atom. The highest BCUT2D eigenvalue weighted by atomic mass is 16.1. The first-order chi connectivity index (χ1) is 8.36. The molecule has 0 amide bonds. The molecule has 0 radical (unpaired) electrons. The van der Waals surface area contributed by atoms with E-state index >= 15 is 0 Å². The lowest BCUT2D eigenvalue weighted by Gasteiger charge is -2.21. The molecule has 1 saturated carbocycles. The second-order valence-electron chi connectivity index (χ2n) is 4.92. The quantitative estimate of drug-likeness (QED) is 0.871. The van der Waals surface area contributed by atoms with E-state index in [4.69, 9.17) is 0 Å². The second kappa shape index (κ2) is 4.36. The Morgan fingerprint density at radius 2 is 1.71 bits per heavy atom. The largest absolute Gasteiger partial charge is 0.379 e. The molecule has 0 bridgehead atoms. The Kier molecular flexibility index (Phi) is 2.71. The minimum absolute atomic E-state index is 0.210. The SMILES string of the molecule is O=c1c(NC2CCCCC2)c1-c1ccccc1. The third-order valence-electron chi connectivity index (χ3n) is 3.66. The Morgan fingerprint density at radius 1 is 1.00 bits per heavy atom. The summed E-state index contributed by atoms with van der Waals surface area (Å²) in [5, 5.41) is 3.42. The van der Waals surface area contributed by atoms with Gasteiger partial charge in [-0.25, -0.2) is 0 Å². The maximum Gasteiger partial charge on any atom is 0.212 e. The second-order valence-corrected chi connectivity index (χ2v) is 4.92. The molecule has 0 spiro atoms. The van der Waals surface area contributed by atoms with Crippen molar-refractivity contribution in [3.05, 3.63) is 40.6 Å². The number of benzene rings is 1. The van der Waals surface area contributed by atoms with Gasteiger partial charge in [-0.1, -0.05) is 49.6 Å². The van der Waals surface area contributed by atoms with Crippen LogP contribution in [0.2, 0.25) is 0 Å². The fraction of sp³-hybridized carbons (Fsp3) is 0.400. The summed E-state index contributed by atoms with van der Waals surface area (Å²) >= 11 is 0. The molecular formula is C15H17NO. The summed E-state index contributed by atoms with van der Waals surface area (Å²) < 4.78 is 0. The maximum absolute atomic E-state index is 11.8. The van der Waals surface area contributed by atoms with Crippen LogP contribution in [-0.2, 0) is 0 Å². The summed E-state index contributed by atoms with van der Waals surface area (Å²) in [5.74, 6) is 0. The summed E-state index contributed by atoms with van der Waals surface area (Å²) in [5.41, 5.74) is 3.02. The van der Waals surface area contributed by atoms with Crippen LogP contribution < -0.4 is 10.7 Å². The van der Waals surface area contributed by atoms with E-state index in [9.17, 15) is 4.79 Å². The van der Waals surface area contributed by atoms with Gasteiger partial charge in [0.15, 0.2) is 0 Å². The van der Waals surface area contributed by atoms with Crippen molar-refractivity contribution in [3.8, 4) is 11.1 Å². The van der Waals surface area contributed by atoms with Gasteiger partial charge in [0.2, 0.25) is 5.43 Å². The van der Waals surface area contributed by atoms with Gasteiger partial charge in [0.25, 0.3) is 0 Å². The van der Waals surface area contributed by atoms with Gasteiger partial charge in [0.05, 0.1) is 11.3 Å². The Balaban J connectivity index is 1.72. The van der Waals surface area contributed by atoms with Gasteiger partial charge in [-0.3, -0.25) is 4.79 Å². The number of nitrogens with one attached hydrogen (secondary N) is 1. The zero-order valence-corrected chi connectivity index (χ0v) is 9.91. The van der Waals surface area contributed by atoms with Crippen molar-refractivity contribution in [1.82, 2.24) is 0 Å². The molecule has 1 aliphatic carbocycles. The summed E-state index contributed by atoms with van der Waals surface area (Å²) in [6, 6.07) is 10.5. The molecule has 0 atom stereocenters. The summed E-state index contributed by atoms with van der Waals surface area (Å²) in [7, 11) is 0. The third kappa shape index (κ3) is 2.12. The molecule has 2 aromatic carbocycles. The fourth-order valence-corrected chi connectivity index (χ4v) is 2.64. The van der Waals surface area contributed by atoms with Gasteiger partial charge in [-0.15, -0.1) is 0 Å². The monoisotopic (exact) mass is 227 g/mol. The predicted molar refractivity (Wildman–Crippen MR) is 71.0 cm³/mol. The van der Waals surface area contributed by atoms with E-state index in [1.54, 1.807) is 0 Å². The highest BCUT2D eigenvalue weighted by Crippen LogP contribution is 2.32. The molecule has 1 fully saturated rings. The standard InChI is InChI=1S/C15H17NO/c17-15-13(11-7-3-1-4-8-11)14(15)16-12-9-5-2-6-10-12/h1,3-4,7-8,12,16H,2,5-6,9-10H2. The summed E-state index contributed by atoms with van der Waals surface area (Å²) in [6.45, 7) is 0. The third-order valence-corrected chi connectivity index (χ3v) is 3.66. The molecule has 0 unspecified atom stereocenters. The van der Waals surface area contributed by atoms with E-state index in [0.717, 1.165) is 16.8 Å². The molecular weight excluding hydrogens is 210 g/mol. The molecule has 0 heterocycles. The van der Waals surface area contributed by atoms with E-state index in [1.807, 2.05) is 30.3 Å². The van der Waals surface area contributed by atoms with Crippen molar-refractivity contribution in [2.24, 2.45) is 0 Å². The molecule has 2 aromatic rings. The van der Waals surface area contributed by atoms with Crippen molar-refractivity contribution >= 4 is 5.69 Å². The van der Waals surface area contributed by atoms with Gasteiger partial charge < -0.3 is 5.32 Å². The van der Waals surface area contributed by atoms with Crippen molar-refractivity contribution in [2.75, 3.05) is 5.32 Å². The topological polar surface area (TPSA) is 29.1 Å². The molecule has 88 valence electrons. The van der Waals surface area contributed by atoms with Gasteiger partial charge >= 0.3 is 0 Å². The van der Waals surface area contributed by atoms with Crippen LogP contribution in [-0.4, -0.2) is 6.04 Å². The lowest BCUT2D eigenvalue weighted by Crippen LogP contribution is -2.21. The Hall–Kier alpha value is -1.57. The molecule has 0 aliphatic heterocycles. The molecule has 1 aliphatic rings. The first-order valence-electron chi connectivity index (χ1n) is 6.47. The van der Waals surface area contributed by atoms with Gasteiger partial charge in [-0.2, -0.15) is 0 Å². The average Bonchev–Trinajstić information content (AvgIpc) is 3.02. The van der Waals surface area contributed by atoms with E-state index < -0.39 is 0 Å². The number of hydrogen-bond acceptors (Lipinski definition) is 2. The van der Waals surface area contributed by atoms with Gasteiger partial charge in [0.1, 0.15) is 0 Å². The first-order valence-corrected chi connectivity index (χ1v) is 6.47. The molecule has 3 rings (SSSR count). The zero-order valence-electron chi connectivity index (χ0n) is 9.91. The Labute approximate surface area is 101 Å². The molecule has 0 saturated heterocycles. The van der Waals surface area contributed by atoms with Crippen LogP contribution >= 0.6 is 0 Å². The van der Waals surface area contributed by atoms with Crippen molar-refractivity contribution < 1.29 is 0 Å². The normalized spacial score (nSPS) is 17.4. The lowest BCUT2D eigenvalue weighted by atomic mass is 9.95. The molecule has 17 heavy (non-hydrogen) atoms. The number of anilines is 1. The van der Waals surface area contributed by atoms with Crippen molar-refractivity contribution in [1.29, 1.82) is 0 Å². The molecule has 2 heteroatoms. The molecule has 1 N–H and O–H groups in total. The average molecular weight is 227 g/mol. The lowest BCUT2D eigenvalue weighted by molar-refractivity contribution is 0.463. The summed E-state index contributed by atoms with van der Waals surface area (Å²) in [4.78, 5) is 11.8. The molecule has 0 aromatic heterocycles. The van der Waals surface area contributed by atoms with E-state index in [-0.39, 0.29) is 5.43 Å². The van der Waals surface area contributed by atoms with Crippen LogP contribution in [0.1, 0.15) is 32.1 Å². The van der Waals surface area contributed by atoms with Crippen molar-refractivity contribution in [3.63, 3.8) is 0 Å². The minimum Gasteiger partial charge on any atom is -0.379 e. The van der Waals surface area contributed by atoms with Crippen LogP contribution in [0.5, 0.6) is 0 Å². The zero-order chi connectivity index (χ0) is 11.7. The van der Waals surface area contributed by atoms with Crippen molar-refractivity contribution in [2.45, 2.75) is 38.1 Å². The fourth-order valence-electron chi connectivity index (χ4n) is 2.64. The van der Waals surface area contributed by atoms with Crippen LogP contribution in [0.15, 0.2) is 35.1 Å². The predicted octanol–water partition coefficient (Wildman–Crippen LogP) is 3.33. The Bertz CT molecular complexity index is 502. The van der Waals surface area contributed by atoms with E-state index in [2.05, 4.69) is 5.32 Å². The van der Waals surface area contributed by atoms with E-state index in [0.29, 0.717) is 6.04 Å². The maximum atomic E-state index is 11.8. The molecule has 2 nitrogen and oxygen atoms in total. The van der Waals surface area contributed by atoms with E-state index in [1.165, 1.54) is 32.1 Å². The minimum atomic E-state index is 0.210. The van der Waals surface area contributed by atoms with Crippen LogP contribution in [0, 0.1) is 0 Å². The summed E-state index contributed by atoms with van der Waals surface area (Å²) in [6.07, 6.45) is 6.34. The van der Waals surface area contributed by atoms with Crippen LogP contribution in [0.3, 0.4) is 0 Å². The van der Waals surface area contributed by atoms with Crippen LogP contribution in [0.4, 0.5) is 5.69 Å². The van der Waals surface area contributed by atoms with Gasteiger partial charge in [0, 0.05) is 6.04 Å². The number of rotatable bonds is 3. The smallest absolute Gasteiger partial charge is 0.212 e. The first kappa shape index (κ1) is 10.6. The number of hydrogen-bond donors (Lipinski definition) is 1.